The maximum atomic E-state index is 12.2. The quantitative estimate of drug-likeness (QED) is 0.592. The highest BCUT2D eigenvalue weighted by molar-refractivity contribution is 5.79. The molecule has 0 radical (unpaired) electrons. The lowest BCUT2D eigenvalue weighted by Crippen LogP contribution is -2.32. The highest BCUT2D eigenvalue weighted by Crippen LogP contribution is 2.11. The summed E-state index contributed by atoms with van der Waals surface area (Å²) in [5, 5.41) is 11.0. The van der Waals surface area contributed by atoms with Crippen LogP contribution in [0.5, 0.6) is 5.75 Å². The molecule has 136 valence electrons. The van der Waals surface area contributed by atoms with E-state index in [1.807, 2.05) is 41.1 Å². The molecule has 8 nitrogen and oxygen atoms in total. The molecule has 0 saturated carbocycles. The number of carbonyl (C=O) groups excluding carboxylic acids is 1. The fraction of sp³-hybridized carbons (Fsp3) is 0.333. The zero-order valence-electron chi connectivity index (χ0n) is 14.7. The van der Waals surface area contributed by atoms with E-state index < -0.39 is 6.04 Å². The first-order chi connectivity index (χ1) is 12.7. The fourth-order valence-corrected chi connectivity index (χ4v) is 2.40. The normalized spacial score (nSPS) is 11.9. The highest BCUT2D eigenvalue weighted by Gasteiger charge is 2.16. The summed E-state index contributed by atoms with van der Waals surface area (Å²) in [6, 6.07) is 9.07. The van der Waals surface area contributed by atoms with Crippen molar-refractivity contribution in [1.29, 1.82) is 0 Å². The Hall–Kier alpha value is -3.16. The van der Waals surface area contributed by atoms with Crippen LogP contribution in [0.1, 0.15) is 25.1 Å². The van der Waals surface area contributed by atoms with Crippen molar-refractivity contribution in [3.05, 3.63) is 60.9 Å². The minimum Gasteiger partial charge on any atom is -0.487 e. The molecule has 1 unspecified atom stereocenters. The molecule has 0 spiro atoms. The number of para-hydroxylation sites is 1. The van der Waals surface area contributed by atoms with Crippen LogP contribution in [0.15, 0.2) is 55.2 Å². The number of ether oxygens (including phenoxy) is 1. The standard InChI is InChI=1S/C18H22N6O2/c1-15(18(25)20-8-5-10-23-11-9-19-14-23)24-12-16(21-22-24)13-26-17-6-3-2-4-7-17/h2-4,6-7,9,11-12,14-15H,5,8,10,13H2,1H3,(H,20,25). The third-order valence-corrected chi connectivity index (χ3v) is 3.92. The van der Waals surface area contributed by atoms with E-state index in [4.69, 9.17) is 4.74 Å². The van der Waals surface area contributed by atoms with Crippen LogP contribution in [-0.4, -0.2) is 37.0 Å². The third kappa shape index (κ3) is 4.92. The van der Waals surface area contributed by atoms with Gasteiger partial charge in [-0.15, -0.1) is 5.10 Å². The average Bonchev–Trinajstić information content (AvgIpc) is 3.35. The summed E-state index contributed by atoms with van der Waals surface area (Å²) in [5.74, 6) is 0.682. The fourth-order valence-electron chi connectivity index (χ4n) is 2.40. The van der Waals surface area contributed by atoms with Gasteiger partial charge in [0.15, 0.2) is 0 Å². The molecule has 0 aliphatic carbocycles. The summed E-state index contributed by atoms with van der Waals surface area (Å²) < 4.78 is 9.17. The van der Waals surface area contributed by atoms with Crippen LogP contribution in [0, 0.1) is 0 Å². The van der Waals surface area contributed by atoms with E-state index in [2.05, 4.69) is 20.6 Å². The van der Waals surface area contributed by atoms with E-state index in [0.717, 1.165) is 18.7 Å². The number of carbonyl (C=O) groups is 1. The Bertz CT molecular complexity index is 800. The first-order valence-electron chi connectivity index (χ1n) is 8.54. The molecular weight excluding hydrogens is 332 g/mol. The molecule has 3 rings (SSSR count). The smallest absolute Gasteiger partial charge is 0.244 e. The monoisotopic (exact) mass is 354 g/mol. The second kappa shape index (κ2) is 8.80. The summed E-state index contributed by atoms with van der Waals surface area (Å²) in [6.07, 6.45) is 7.98. The number of hydrogen-bond donors (Lipinski definition) is 1. The number of aryl methyl sites for hydroxylation is 1. The van der Waals surface area contributed by atoms with Gasteiger partial charge in [0.25, 0.3) is 0 Å². The zero-order chi connectivity index (χ0) is 18.2. The van der Waals surface area contributed by atoms with Crippen molar-refractivity contribution >= 4 is 5.91 Å². The molecule has 8 heteroatoms. The molecule has 2 heterocycles. The predicted octanol–water partition coefficient (Wildman–Crippen LogP) is 1.82. The number of nitrogens with one attached hydrogen (secondary N) is 1. The number of nitrogens with zero attached hydrogens (tertiary/aromatic N) is 5. The summed E-state index contributed by atoms with van der Waals surface area (Å²) in [5.41, 5.74) is 0.675. The lowest BCUT2D eigenvalue weighted by molar-refractivity contribution is -0.124. The van der Waals surface area contributed by atoms with Gasteiger partial charge in [0, 0.05) is 25.5 Å². The second-order valence-corrected chi connectivity index (χ2v) is 5.91. The largest absolute Gasteiger partial charge is 0.487 e. The molecule has 0 fully saturated rings. The van der Waals surface area contributed by atoms with Gasteiger partial charge in [-0.25, -0.2) is 9.67 Å². The van der Waals surface area contributed by atoms with Crippen molar-refractivity contribution in [2.45, 2.75) is 32.5 Å². The van der Waals surface area contributed by atoms with Gasteiger partial charge in [-0.05, 0) is 25.5 Å². The molecule has 2 aromatic heterocycles. The van der Waals surface area contributed by atoms with Gasteiger partial charge >= 0.3 is 0 Å². The highest BCUT2D eigenvalue weighted by atomic mass is 16.5. The van der Waals surface area contributed by atoms with Gasteiger partial charge in [0.05, 0.1) is 12.5 Å². The first-order valence-corrected chi connectivity index (χ1v) is 8.54. The van der Waals surface area contributed by atoms with E-state index in [1.165, 1.54) is 0 Å². The lowest BCUT2D eigenvalue weighted by Gasteiger charge is -2.12. The second-order valence-electron chi connectivity index (χ2n) is 5.91. The molecule has 1 aromatic carbocycles. The molecule has 3 aromatic rings. The molecular formula is C18H22N6O2. The van der Waals surface area contributed by atoms with Crippen LogP contribution in [0.2, 0.25) is 0 Å². The maximum Gasteiger partial charge on any atom is 0.244 e. The van der Waals surface area contributed by atoms with Crippen molar-refractivity contribution in [3.8, 4) is 5.75 Å². The number of hydrogen-bond acceptors (Lipinski definition) is 5. The number of imidazole rings is 1. The summed E-state index contributed by atoms with van der Waals surface area (Å²) in [6.45, 7) is 3.52. The van der Waals surface area contributed by atoms with E-state index in [0.29, 0.717) is 18.8 Å². The molecule has 1 N–H and O–H groups in total. The third-order valence-electron chi connectivity index (χ3n) is 3.92. The zero-order valence-corrected chi connectivity index (χ0v) is 14.7. The van der Waals surface area contributed by atoms with Crippen LogP contribution < -0.4 is 10.1 Å². The molecule has 0 saturated heterocycles. The van der Waals surface area contributed by atoms with Crippen LogP contribution in [0.4, 0.5) is 0 Å². The van der Waals surface area contributed by atoms with Crippen LogP contribution in [-0.2, 0) is 17.9 Å². The van der Waals surface area contributed by atoms with Crippen molar-refractivity contribution in [3.63, 3.8) is 0 Å². The number of aromatic nitrogens is 5. The van der Waals surface area contributed by atoms with Crippen molar-refractivity contribution in [1.82, 2.24) is 29.9 Å². The Balaban J connectivity index is 1.42. The molecule has 26 heavy (non-hydrogen) atoms. The van der Waals surface area contributed by atoms with E-state index in [9.17, 15) is 4.79 Å². The lowest BCUT2D eigenvalue weighted by atomic mass is 10.3. The van der Waals surface area contributed by atoms with Gasteiger partial charge in [0.2, 0.25) is 5.91 Å². The SMILES string of the molecule is CC(C(=O)NCCCn1ccnc1)n1cc(COc2ccccc2)nn1. The van der Waals surface area contributed by atoms with Gasteiger partial charge in [-0.2, -0.15) is 0 Å². The van der Waals surface area contributed by atoms with Crippen molar-refractivity contribution < 1.29 is 9.53 Å². The summed E-state index contributed by atoms with van der Waals surface area (Å²) >= 11 is 0. The average molecular weight is 354 g/mol. The van der Waals surface area contributed by atoms with Crippen LogP contribution >= 0.6 is 0 Å². The Morgan fingerprint density at radius 2 is 2.15 bits per heavy atom. The summed E-state index contributed by atoms with van der Waals surface area (Å²) in [4.78, 5) is 16.2. The number of rotatable bonds is 9. The minimum absolute atomic E-state index is 0.0870. The van der Waals surface area contributed by atoms with E-state index >= 15 is 0 Å². The van der Waals surface area contributed by atoms with Gasteiger partial charge < -0.3 is 14.6 Å². The van der Waals surface area contributed by atoms with Crippen LogP contribution in [0.25, 0.3) is 0 Å². The molecule has 1 amide bonds. The summed E-state index contributed by atoms with van der Waals surface area (Å²) in [7, 11) is 0. The van der Waals surface area contributed by atoms with Gasteiger partial charge in [-0.3, -0.25) is 4.79 Å². The first kappa shape index (κ1) is 17.7. The predicted molar refractivity (Wildman–Crippen MR) is 95.4 cm³/mol. The topological polar surface area (TPSA) is 86.9 Å². The van der Waals surface area contributed by atoms with Crippen molar-refractivity contribution in [2.75, 3.05) is 6.54 Å². The maximum absolute atomic E-state index is 12.2. The van der Waals surface area contributed by atoms with Crippen LogP contribution in [0.3, 0.4) is 0 Å². The Labute approximate surface area is 151 Å². The van der Waals surface area contributed by atoms with Crippen molar-refractivity contribution in [2.24, 2.45) is 0 Å². The molecule has 1 atom stereocenters. The van der Waals surface area contributed by atoms with Gasteiger partial charge in [0.1, 0.15) is 24.1 Å². The molecule has 0 aliphatic heterocycles. The minimum atomic E-state index is -0.429. The van der Waals surface area contributed by atoms with E-state index in [1.54, 1.807) is 30.3 Å². The number of benzene rings is 1. The molecule has 0 aliphatic rings. The van der Waals surface area contributed by atoms with E-state index in [-0.39, 0.29) is 5.91 Å². The van der Waals surface area contributed by atoms with Gasteiger partial charge in [-0.1, -0.05) is 23.4 Å². The Morgan fingerprint density at radius 1 is 1.31 bits per heavy atom. The number of amides is 1. The molecule has 0 bridgehead atoms. The Kier molecular flexibility index (Phi) is 5.97. The Morgan fingerprint density at radius 3 is 2.92 bits per heavy atom.